The normalized spacial score (nSPS) is 10.2. The Morgan fingerprint density at radius 2 is 1.79 bits per heavy atom. The Balaban J connectivity index is 2.07. The molecular weight excluding hydrogens is 358 g/mol. The molecule has 150 valence electrons. The van der Waals surface area contributed by atoms with Gasteiger partial charge in [-0.15, -0.1) is 0 Å². The molecule has 0 fully saturated rings. The minimum absolute atomic E-state index is 0.260. The summed E-state index contributed by atoms with van der Waals surface area (Å²) in [5, 5.41) is 5.60. The lowest BCUT2D eigenvalue weighted by Crippen LogP contribution is -2.29. The minimum atomic E-state index is -0.490. The number of amides is 3. The molecule has 0 aromatic heterocycles. The number of carbonyl (C=O) groups is 2. The highest BCUT2D eigenvalue weighted by atomic mass is 16.5. The van der Waals surface area contributed by atoms with Crippen LogP contribution >= 0.6 is 0 Å². The summed E-state index contributed by atoms with van der Waals surface area (Å²) >= 11 is 0. The number of hydrogen-bond acceptors (Lipinski definition) is 4. The van der Waals surface area contributed by atoms with E-state index in [4.69, 9.17) is 15.2 Å². The average molecular weight is 385 g/mol. The van der Waals surface area contributed by atoms with Crippen molar-refractivity contribution in [1.82, 2.24) is 5.32 Å². The molecule has 0 heterocycles. The highest BCUT2D eigenvalue weighted by molar-refractivity contribution is 5.93. The van der Waals surface area contributed by atoms with Gasteiger partial charge in [0.2, 0.25) is 5.91 Å². The van der Waals surface area contributed by atoms with E-state index >= 15 is 0 Å². The Morgan fingerprint density at radius 1 is 1.04 bits per heavy atom. The van der Waals surface area contributed by atoms with E-state index < -0.39 is 5.91 Å². The van der Waals surface area contributed by atoms with Crippen LogP contribution < -0.4 is 25.8 Å². The lowest BCUT2D eigenvalue weighted by Gasteiger charge is -2.14. The van der Waals surface area contributed by atoms with E-state index in [-0.39, 0.29) is 6.03 Å². The first kappa shape index (κ1) is 21.1. The van der Waals surface area contributed by atoms with Gasteiger partial charge in [-0.2, -0.15) is 0 Å². The monoisotopic (exact) mass is 385 g/mol. The van der Waals surface area contributed by atoms with Crippen molar-refractivity contribution in [2.75, 3.05) is 19.0 Å². The number of nitrogens with one attached hydrogen (secondary N) is 2. The Bertz CT molecular complexity index is 836. The predicted octanol–water partition coefficient (Wildman–Crippen LogP) is 4.21. The second kappa shape index (κ2) is 10.2. The number of methoxy groups -OCH3 is 1. The third-order valence-electron chi connectivity index (χ3n) is 4.17. The third-order valence-corrected chi connectivity index (χ3v) is 4.17. The number of primary amides is 1. The molecule has 0 atom stereocenters. The highest BCUT2D eigenvalue weighted by Gasteiger charge is 2.11. The van der Waals surface area contributed by atoms with E-state index in [1.807, 2.05) is 6.92 Å². The number of ether oxygens (including phenoxy) is 2. The molecule has 28 heavy (non-hydrogen) atoms. The summed E-state index contributed by atoms with van der Waals surface area (Å²) in [4.78, 5) is 23.2. The number of aryl methyl sites for hydroxylation is 1. The van der Waals surface area contributed by atoms with Crippen molar-refractivity contribution in [3.05, 3.63) is 47.5 Å². The van der Waals surface area contributed by atoms with Crippen LogP contribution in [0.15, 0.2) is 36.4 Å². The van der Waals surface area contributed by atoms with Crippen LogP contribution in [0.1, 0.15) is 42.1 Å². The van der Waals surface area contributed by atoms with Crippen molar-refractivity contribution in [2.24, 2.45) is 5.73 Å². The van der Waals surface area contributed by atoms with Gasteiger partial charge in [0.25, 0.3) is 0 Å². The fraction of sp³-hybridized carbons (Fsp3) is 0.333. The number of rotatable bonds is 9. The highest BCUT2D eigenvalue weighted by Crippen LogP contribution is 2.35. The van der Waals surface area contributed by atoms with Gasteiger partial charge in [0.1, 0.15) is 5.75 Å². The first-order chi connectivity index (χ1) is 13.4. The number of carbonyl (C=O) groups excluding carboxylic acids is 2. The predicted molar refractivity (Wildman–Crippen MR) is 109 cm³/mol. The second-order valence-corrected chi connectivity index (χ2v) is 6.40. The molecule has 0 spiro atoms. The quantitative estimate of drug-likeness (QED) is 0.563. The first-order valence-electron chi connectivity index (χ1n) is 9.25. The van der Waals surface area contributed by atoms with E-state index in [1.165, 1.54) is 7.11 Å². The van der Waals surface area contributed by atoms with Crippen molar-refractivity contribution in [3.63, 3.8) is 0 Å². The largest absolute Gasteiger partial charge is 0.493 e. The molecule has 2 aromatic carbocycles. The van der Waals surface area contributed by atoms with E-state index in [2.05, 4.69) is 17.6 Å². The zero-order valence-electron chi connectivity index (χ0n) is 16.5. The van der Waals surface area contributed by atoms with Crippen molar-refractivity contribution < 1.29 is 19.1 Å². The zero-order chi connectivity index (χ0) is 20.5. The van der Waals surface area contributed by atoms with E-state index in [9.17, 15) is 9.59 Å². The van der Waals surface area contributed by atoms with Crippen LogP contribution in [-0.2, 0) is 0 Å². The summed E-state index contributed by atoms with van der Waals surface area (Å²) < 4.78 is 11.3. The summed E-state index contributed by atoms with van der Waals surface area (Å²) in [5.41, 5.74) is 7.08. The van der Waals surface area contributed by atoms with Gasteiger partial charge >= 0.3 is 6.03 Å². The molecule has 2 aromatic rings. The van der Waals surface area contributed by atoms with Crippen LogP contribution in [0.25, 0.3) is 0 Å². The van der Waals surface area contributed by atoms with Crippen molar-refractivity contribution >= 4 is 17.6 Å². The maximum absolute atomic E-state index is 12.0. The molecule has 4 N–H and O–H groups in total. The van der Waals surface area contributed by atoms with Gasteiger partial charge < -0.3 is 25.8 Å². The fourth-order valence-corrected chi connectivity index (χ4v) is 2.62. The SMILES string of the molecule is CCCCCNC(=O)Nc1ccc(Oc2ccc(C(N)=O)cc2C)c(OC)c1. The number of unbranched alkanes of at least 4 members (excludes halogenated alkanes) is 2. The van der Waals surface area contributed by atoms with Gasteiger partial charge in [-0.25, -0.2) is 4.79 Å². The maximum Gasteiger partial charge on any atom is 0.319 e. The molecule has 0 aliphatic carbocycles. The zero-order valence-corrected chi connectivity index (χ0v) is 16.5. The molecule has 0 aliphatic heterocycles. The lowest BCUT2D eigenvalue weighted by atomic mass is 10.1. The van der Waals surface area contributed by atoms with Crippen molar-refractivity contribution in [2.45, 2.75) is 33.1 Å². The van der Waals surface area contributed by atoms with Gasteiger partial charge in [-0.1, -0.05) is 19.8 Å². The Labute approximate surface area is 165 Å². The number of anilines is 1. The molecule has 2 rings (SSSR count). The number of hydrogen-bond donors (Lipinski definition) is 3. The van der Waals surface area contributed by atoms with Crippen molar-refractivity contribution in [3.8, 4) is 17.2 Å². The smallest absolute Gasteiger partial charge is 0.319 e. The molecule has 7 heteroatoms. The van der Waals surface area contributed by atoms with Gasteiger partial charge in [-0.3, -0.25) is 4.79 Å². The number of nitrogens with two attached hydrogens (primary N) is 1. The van der Waals surface area contributed by atoms with Crippen LogP contribution in [0.2, 0.25) is 0 Å². The standard InChI is InChI=1S/C21H27N3O4/c1-4-5-6-11-23-21(26)24-16-8-10-18(19(13-16)27-3)28-17-9-7-15(20(22)25)12-14(17)2/h7-10,12-13H,4-6,11H2,1-3H3,(H2,22,25)(H2,23,24,26). The number of benzene rings is 2. The van der Waals surface area contributed by atoms with Crippen LogP contribution in [-0.4, -0.2) is 25.6 Å². The summed E-state index contributed by atoms with van der Waals surface area (Å²) in [5.74, 6) is 1.06. The van der Waals surface area contributed by atoms with Gasteiger partial charge in [0.05, 0.1) is 7.11 Å². The Morgan fingerprint density at radius 3 is 2.43 bits per heavy atom. The van der Waals surface area contributed by atoms with E-state index in [0.717, 1.165) is 24.8 Å². The molecule has 0 bridgehead atoms. The van der Waals surface area contributed by atoms with E-state index in [1.54, 1.807) is 36.4 Å². The Kier molecular flexibility index (Phi) is 7.68. The molecule has 3 amide bonds. The van der Waals surface area contributed by atoms with E-state index in [0.29, 0.717) is 35.0 Å². The molecule has 0 unspecified atom stereocenters. The molecular formula is C21H27N3O4. The summed E-state index contributed by atoms with van der Waals surface area (Å²) in [7, 11) is 1.53. The number of urea groups is 1. The van der Waals surface area contributed by atoms with Gasteiger partial charge in [-0.05, 0) is 49.2 Å². The van der Waals surface area contributed by atoms with Gasteiger partial charge in [0, 0.05) is 23.9 Å². The molecule has 0 saturated carbocycles. The van der Waals surface area contributed by atoms with Crippen LogP contribution in [0, 0.1) is 6.92 Å². The minimum Gasteiger partial charge on any atom is -0.493 e. The summed E-state index contributed by atoms with van der Waals surface area (Å²) in [6.45, 7) is 4.58. The average Bonchev–Trinajstić information content (AvgIpc) is 2.67. The van der Waals surface area contributed by atoms with Crippen LogP contribution in [0.4, 0.5) is 10.5 Å². The maximum atomic E-state index is 12.0. The second-order valence-electron chi connectivity index (χ2n) is 6.40. The van der Waals surface area contributed by atoms with Crippen LogP contribution in [0.5, 0.6) is 17.2 Å². The lowest BCUT2D eigenvalue weighted by molar-refractivity contribution is 0.1000. The summed E-state index contributed by atoms with van der Waals surface area (Å²) in [6.07, 6.45) is 3.14. The first-order valence-corrected chi connectivity index (χ1v) is 9.25. The third kappa shape index (κ3) is 5.90. The topological polar surface area (TPSA) is 103 Å². The molecule has 7 nitrogen and oxygen atoms in total. The fourth-order valence-electron chi connectivity index (χ4n) is 2.62. The molecule has 0 aliphatic rings. The molecule has 0 radical (unpaired) electrons. The van der Waals surface area contributed by atoms with Crippen molar-refractivity contribution in [1.29, 1.82) is 0 Å². The molecule has 0 saturated heterocycles. The van der Waals surface area contributed by atoms with Crippen LogP contribution in [0.3, 0.4) is 0 Å². The summed E-state index contributed by atoms with van der Waals surface area (Å²) in [6, 6.07) is 9.84. The Hall–Kier alpha value is -3.22. The van der Waals surface area contributed by atoms with Gasteiger partial charge in [0.15, 0.2) is 11.5 Å².